The van der Waals surface area contributed by atoms with Crippen molar-refractivity contribution >= 4 is 23.1 Å². The van der Waals surface area contributed by atoms with E-state index in [1.54, 1.807) is 0 Å². The number of aromatic hydroxyl groups is 2. The standard InChI is InChI=1S/C12H14N2O4S/c13-11(19)10-6-14(3-4-18-10)12(17)8-2-1-7(15)5-9(8)16/h1-2,5,10,15-16H,3-4,6H2,(H2,13,19). The molecule has 0 aromatic heterocycles. The highest BCUT2D eigenvalue weighted by molar-refractivity contribution is 7.80. The Kier molecular flexibility index (Phi) is 3.87. The average Bonchev–Trinajstić information content (AvgIpc) is 2.38. The minimum absolute atomic E-state index is 0.1000. The van der Waals surface area contributed by atoms with Gasteiger partial charge >= 0.3 is 0 Å². The Hall–Kier alpha value is -1.86. The molecule has 0 spiro atoms. The first-order chi connectivity index (χ1) is 8.99. The molecule has 6 nitrogen and oxygen atoms in total. The summed E-state index contributed by atoms with van der Waals surface area (Å²) in [6.45, 7) is 0.999. The van der Waals surface area contributed by atoms with Gasteiger partial charge in [0.2, 0.25) is 0 Å². The third-order valence-corrected chi connectivity index (χ3v) is 3.15. The first kappa shape index (κ1) is 13.6. The number of carbonyl (C=O) groups excluding carboxylic acids is 1. The van der Waals surface area contributed by atoms with E-state index >= 15 is 0 Å². The van der Waals surface area contributed by atoms with Gasteiger partial charge in [-0.2, -0.15) is 0 Å². The van der Waals surface area contributed by atoms with Crippen molar-refractivity contribution in [3.05, 3.63) is 23.8 Å². The van der Waals surface area contributed by atoms with E-state index < -0.39 is 6.10 Å². The number of phenols is 2. The van der Waals surface area contributed by atoms with Gasteiger partial charge in [-0.1, -0.05) is 12.2 Å². The summed E-state index contributed by atoms with van der Waals surface area (Å²) >= 11 is 4.85. The average molecular weight is 282 g/mol. The molecule has 1 fully saturated rings. The molecule has 4 N–H and O–H groups in total. The van der Waals surface area contributed by atoms with E-state index in [1.807, 2.05) is 0 Å². The second kappa shape index (κ2) is 5.41. The predicted molar refractivity (Wildman–Crippen MR) is 72.2 cm³/mol. The highest BCUT2D eigenvalue weighted by Gasteiger charge is 2.27. The number of carbonyl (C=O) groups is 1. The second-order valence-corrected chi connectivity index (χ2v) is 4.69. The van der Waals surface area contributed by atoms with Crippen molar-refractivity contribution in [1.29, 1.82) is 0 Å². The molecule has 2 rings (SSSR count). The van der Waals surface area contributed by atoms with Crippen LogP contribution in [-0.4, -0.2) is 51.8 Å². The first-order valence-electron chi connectivity index (χ1n) is 5.71. The lowest BCUT2D eigenvalue weighted by Gasteiger charge is -2.32. The van der Waals surface area contributed by atoms with E-state index in [0.29, 0.717) is 13.2 Å². The second-order valence-electron chi connectivity index (χ2n) is 4.21. The summed E-state index contributed by atoms with van der Waals surface area (Å²) < 4.78 is 5.34. The number of phenolic OH excluding ortho intramolecular Hbond substituents is 2. The molecular weight excluding hydrogens is 268 g/mol. The van der Waals surface area contributed by atoms with Crippen LogP contribution in [-0.2, 0) is 4.74 Å². The van der Waals surface area contributed by atoms with Gasteiger partial charge in [0.1, 0.15) is 22.6 Å². The third kappa shape index (κ3) is 2.94. The maximum Gasteiger partial charge on any atom is 0.257 e. The lowest BCUT2D eigenvalue weighted by atomic mass is 10.1. The minimum atomic E-state index is -0.466. The van der Waals surface area contributed by atoms with Gasteiger partial charge in [-0.3, -0.25) is 4.79 Å². The third-order valence-electron chi connectivity index (χ3n) is 2.88. The Labute approximate surface area is 115 Å². The molecule has 0 saturated carbocycles. The molecule has 1 atom stereocenters. The number of amides is 1. The van der Waals surface area contributed by atoms with E-state index in [2.05, 4.69) is 0 Å². The molecule has 1 amide bonds. The SMILES string of the molecule is NC(=S)C1CN(C(=O)c2ccc(O)cc2O)CCO1. The van der Waals surface area contributed by atoms with Crippen LogP contribution < -0.4 is 5.73 Å². The first-order valence-corrected chi connectivity index (χ1v) is 6.12. The Bertz CT molecular complexity index is 520. The van der Waals surface area contributed by atoms with Crippen molar-refractivity contribution < 1.29 is 19.7 Å². The molecule has 1 aliphatic rings. The zero-order valence-electron chi connectivity index (χ0n) is 10.1. The molecule has 1 aromatic rings. The van der Waals surface area contributed by atoms with Gasteiger partial charge in [0.05, 0.1) is 18.7 Å². The molecule has 1 saturated heterocycles. The van der Waals surface area contributed by atoms with Gasteiger partial charge in [-0.25, -0.2) is 0 Å². The summed E-state index contributed by atoms with van der Waals surface area (Å²) in [5, 5.41) is 18.9. The zero-order chi connectivity index (χ0) is 14.0. The number of ether oxygens (including phenoxy) is 1. The number of nitrogens with zero attached hydrogens (tertiary/aromatic N) is 1. The van der Waals surface area contributed by atoms with Gasteiger partial charge in [0, 0.05) is 12.6 Å². The van der Waals surface area contributed by atoms with Crippen molar-refractivity contribution in [1.82, 2.24) is 4.90 Å². The van der Waals surface area contributed by atoms with Crippen LogP contribution in [0.15, 0.2) is 18.2 Å². The maximum atomic E-state index is 12.2. The number of rotatable bonds is 2. The van der Waals surface area contributed by atoms with Gasteiger partial charge in [-0.05, 0) is 12.1 Å². The van der Waals surface area contributed by atoms with Gasteiger partial charge in [0.15, 0.2) is 0 Å². The lowest BCUT2D eigenvalue weighted by molar-refractivity contribution is 0.00865. The fourth-order valence-corrected chi connectivity index (χ4v) is 2.02. The van der Waals surface area contributed by atoms with E-state index in [4.69, 9.17) is 22.7 Å². The van der Waals surface area contributed by atoms with Crippen LogP contribution in [0.5, 0.6) is 11.5 Å². The number of hydrogen-bond acceptors (Lipinski definition) is 5. The monoisotopic (exact) mass is 282 g/mol. The number of nitrogens with two attached hydrogens (primary N) is 1. The smallest absolute Gasteiger partial charge is 0.257 e. The Morgan fingerprint density at radius 3 is 2.84 bits per heavy atom. The Balaban J connectivity index is 2.17. The van der Waals surface area contributed by atoms with Gasteiger partial charge in [0.25, 0.3) is 5.91 Å². The lowest BCUT2D eigenvalue weighted by Crippen LogP contribution is -2.49. The van der Waals surface area contributed by atoms with Crippen molar-refractivity contribution in [3.63, 3.8) is 0 Å². The summed E-state index contributed by atoms with van der Waals surface area (Å²) in [6, 6.07) is 3.84. The summed E-state index contributed by atoms with van der Waals surface area (Å²) in [7, 11) is 0. The topological polar surface area (TPSA) is 96.0 Å². The number of thiocarbonyl (C=S) groups is 1. The molecule has 0 bridgehead atoms. The normalized spacial score (nSPS) is 19.2. The Morgan fingerprint density at radius 1 is 1.47 bits per heavy atom. The van der Waals surface area contributed by atoms with E-state index in [9.17, 15) is 15.0 Å². The molecule has 19 heavy (non-hydrogen) atoms. The molecule has 7 heteroatoms. The van der Waals surface area contributed by atoms with Crippen LogP contribution in [0.1, 0.15) is 10.4 Å². The molecule has 1 heterocycles. The highest BCUT2D eigenvalue weighted by Crippen LogP contribution is 2.24. The predicted octanol–water partition coefficient (Wildman–Crippen LogP) is 0.225. The van der Waals surface area contributed by atoms with Crippen LogP contribution in [0.2, 0.25) is 0 Å². The quantitative estimate of drug-likeness (QED) is 0.672. The fraction of sp³-hybridized carbons (Fsp3) is 0.333. The molecule has 1 aliphatic heterocycles. The van der Waals surface area contributed by atoms with Crippen molar-refractivity contribution in [2.24, 2.45) is 5.73 Å². The van der Waals surface area contributed by atoms with E-state index in [-0.39, 0.29) is 34.5 Å². The van der Waals surface area contributed by atoms with E-state index in [0.717, 1.165) is 6.07 Å². The maximum absolute atomic E-state index is 12.2. The summed E-state index contributed by atoms with van der Waals surface area (Å²) in [5.74, 6) is -0.706. The van der Waals surface area contributed by atoms with Crippen molar-refractivity contribution in [3.8, 4) is 11.5 Å². The highest BCUT2D eigenvalue weighted by atomic mass is 32.1. The minimum Gasteiger partial charge on any atom is -0.508 e. The molecular formula is C12H14N2O4S. The summed E-state index contributed by atoms with van der Waals surface area (Å²) in [4.78, 5) is 14.0. The van der Waals surface area contributed by atoms with Crippen molar-refractivity contribution in [2.45, 2.75) is 6.10 Å². The zero-order valence-corrected chi connectivity index (χ0v) is 10.9. The molecule has 0 aliphatic carbocycles. The number of morpholine rings is 1. The van der Waals surface area contributed by atoms with Crippen LogP contribution in [0.4, 0.5) is 0 Å². The number of benzene rings is 1. The summed E-state index contributed by atoms with van der Waals surface area (Å²) in [6.07, 6.45) is -0.466. The van der Waals surface area contributed by atoms with Crippen LogP contribution in [0, 0.1) is 0 Å². The largest absolute Gasteiger partial charge is 0.508 e. The molecule has 1 unspecified atom stereocenters. The van der Waals surface area contributed by atoms with Crippen LogP contribution >= 0.6 is 12.2 Å². The molecule has 0 radical (unpaired) electrons. The molecule has 1 aromatic carbocycles. The van der Waals surface area contributed by atoms with Crippen molar-refractivity contribution in [2.75, 3.05) is 19.7 Å². The number of hydrogen-bond donors (Lipinski definition) is 3. The summed E-state index contributed by atoms with van der Waals surface area (Å²) in [5.41, 5.74) is 5.63. The van der Waals surface area contributed by atoms with Gasteiger partial charge < -0.3 is 25.6 Å². The molecule has 102 valence electrons. The van der Waals surface area contributed by atoms with Gasteiger partial charge in [-0.15, -0.1) is 0 Å². The van der Waals surface area contributed by atoms with Crippen LogP contribution in [0.3, 0.4) is 0 Å². The van der Waals surface area contributed by atoms with Crippen LogP contribution in [0.25, 0.3) is 0 Å². The fourth-order valence-electron chi connectivity index (χ4n) is 1.88. The van der Waals surface area contributed by atoms with E-state index in [1.165, 1.54) is 17.0 Å². The Morgan fingerprint density at radius 2 is 2.21 bits per heavy atom.